The van der Waals surface area contributed by atoms with Crippen LogP contribution in [0, 0.1) is 0 Å². The fourth-order valence-electron chi connectivity index (χ4n) is 7.04. The minimum atomic E-state index is -1.54. The third-order valence-corrected chi connectivity index (χ3v) is 11.5. The van der Waals surface area contributed by atoms with Crippen LogP contribution in [0.15, 0.2) is 170 Å². The normalized spacial score (nSPS) is 14.0. The number of hydrogen-bond acceptors (Lipinski definition) is 7. The Morgan fingerprint density at radius 2 is 0.714 bits per heavy atom. The molecule has 9 nitrogen and oxygen atoms in total. The third kappa shape index (κ3) is 58.2. The second kappa shape index (κ2) is 56.8. The van der Waals surface area contributed by atoms with E-state index >= 15 is 0 Å². The fraction of sp³-hybridized carbons (Fsp3) is 0.544. The second-order valence-electron chi connectivity index (χ2n) is 19.8. The molecular weight excluding hydrogens is 959 g/mol. The van der Waals surface area contributed by atoms with Gasteiger partial charge in [-0.1, -0.05) is 216 Å². The summed E-state index contributed by atoms with van der Waals surface area (Å²) in [5.74, 6) is -2.13. The summed E-state index contributed by atoms with van der Waals surface area (Å²) in [6.45, 7) is 4.53. The van der Waals surface area contributed by atoms with Crippen LogP contribution in [-0.2, 0) is 33.3 Å². The minimum Gasteiger partial charge on any atom is -0.477 e. The first-order chi connectivity index (χ1) is 37.6. The van der Waals surface area contributed by atoms with E-state index in [1.54, 1.807) is 0 Å². The summed E-state index contributed by atoms with van der Waals surface area (Å²) in [5, 5.41) is 9.71. The Kier molecular flexibility index (Phi) is 52.9. The van der Waals surface area contributed by atoms with Gasteiger partial charge < -0.3 is 28.5 Å². The Labute approximate surface area is 469 Å². The molecule has 0 amide bonds. The molecule has 0 fully saturated rings. The largest absolute Gasteiger partial charge is 0.477 e. The van der Waals surface area contributed by atoms with Crippen molar-refractivity contribution in [3.8, 4) is 0 Å². The van der Waals surface area contributed by atoms with Gasteiger partial charge in [-0.05, 0) is 122 Å². The number of likely N-dealkylation sites (N-methyl/N-ethyl adjacent to an activating group) is 1. The average Bonchev–Trinajstić information content (AvgIpc) is 3.40. The monoisotopic (exact) mass is 1060 g/mol. The Morgan fingerprint density at radius 1 is 0.390 bits per heavy atom. The Morgan fingerprint density at radius 3 is 1.08 bits per heavy atom. The molecule has 77 heavy (non-hydrogen) atoms. The maximum absolute atomic E-state index is 12.9. The zero-order valence-corrected chi connectivity index (χ0v) is 48.8. The van der Waals surface area contributed by atoms with E-state index in [1.807, 2.05) is 21.1 Å². The van der Waals surface area contributed by atoms with Gasteiger partial charge in [0.05, 0.1) is 34.4 Å². The number of carboxylic acids is 1. The van der Waals surface area contributed by atoms with Gasteiger partial charge in [0.15, 0.2) is 6.10 Å². The molecule has 0 aromatic rings. The molecule has 0 aliphatic rings. The molecule has 0 rings (SSSR count). The minimum absolute atomic E-state index is 0.165. The van der Waals surface area contributed by atoms with E-state index in [4.69, 9.17) is 18.9 Å². The van der Waals surface area contributed by atoms with E-state index in [2.05, 4.69) is 184 Å². The van der Waals surface area contributed by atoms with Crippen molar-refractivity contribution in [1.29, 1.82) is 0 Å². The van der Waals surface area contributed by atoms with Crippen LogP contribution in [0.3, 0.4) is 0 Å². The molecule has 0 aromatic carbocycles. The number of allylic oxidation sites excluding steroid dienone is 28. The van der Waals surface area contributed by atoms with Crippen molar-refractivity contribution in [2.24, 2.45) is 0 Å². The van der Waals surface area contributed by atoms with Gasteiger partial charge in [0, 0.05) is 12.8 Å². The highest BCUT2D eigenvalue weighted by Gasteiger charge is 2.25. The highest BCUT2D eigenvalue weighted by molar-refractivity contribution is 5.71. The molecule has 0 saturated carbocycles. The number of quaternary nitrogens is 1. The summed E-state index contributed by atoms with van der Waals surface area (Å²) >= 11 is 0. The van der Waals surface area contributed by atoms with Gasteiger partial charge in [-0.25, -0.2) is 4.79 Å². The van der Waals surface area contributed by atoms with Gasteiger partial charge in [-0.2, -0.15) is 0 Å². The van der Waals surface area contributed by atoms with E-state index in [-0.39, 0.29) is 32.7 Å². The average molecular weight is 1070 g/mol. The summed E-state index contributed by atoms with van der Waals surface area (Å²) in [5.41, 5.74) is 0. The number of hydrogen-bond donors (Lipinski definition) is 1. The van der Waals surface area contributed by atoms with Crippen LogP contribution in [0.2, 0.25) is 0 Å². The van der Waals surface area contributed by atoms with Crippen LogP contribution >= 0.6 is 0 Å². The van der Waals surface area contributed by atoms with E-state index in [9.17, 15) is 19.5 Å². The molecule has 0 spiro atoms. The van der Waals surface area contributed by atoms with Gasteiger partial charge >= 0.3 is 17.9 Å². The molecule has 1 N–H and O–H groups in total. The zero-order chi connectivity index (χ0) is 56.2. The third-order valence-electron chi connectivity index (χ3n) is 11.5. The number of rotatable bonds is 51. The highest BCUT2D eigenvalue weighted by atomic mass is 16.7. The molecule has 2 unspecified atom stereocenters. The Bertz CT molecular complexity index is 1860. The number of ether oxygens (including phenoxy) is 4. The number of unbranched alkanes of at least 4 members (excludes halogenated alkanes) is 8. The number of esters is 2. The van der Waals surface area contributed by atoms with Crippen molar-refractivity contribution in [2.45, 2.75) is 193 Å². The molecule has 2 atom stereocenters. The lowest BCUT2D eigenvalue weighted by Crippen LogP contribution is -2.40. The summed E-state index contributed by atoms with van der Waals surface area (Å²) < 4.78 is 22.8. The SMILES string of the molecule is CC/C=C\C/C=C\C/C=C\C/C=C\C/C=C\C/C=C\C/C=C\CCCCCCCCCC(=O)OC(COC(=O)CCC/C=C\C/C=C\C/C=C\C/C=C\C/C=C\C/C=C\C/C=C\CC)COC(OCC[N+](C)(C)C)C(=O)O. The predicted octanol–water partition coefficient (Wildman–Crippen LogP) is 17.6. The van der Waals surface area contributed by atoms with Gasteiger partial charge in [-0.3, -0.25) is 9.59 Å². The Hall–Kier alpha value is -5.35. The van der Waals surface area contributed by atoms with Gasteiger partial charge in [0.2, 0.25) is 0 Å². The molecular formula is C68H106NO8+. The van der Waals surface area contributed by atoms with Crippen molar-refractivity contribution >= 4 is 17.9 Å². The van der Waals surface area contributed by atoms with Crippen LogP contribution in [0.5, 0.6) is 0 Å². The summed E-state index contributed by atoms with van der Waals surface area (Å²) in [7, 11) is 5.93. The second-order valence-corrected chi connectivity index (χ2v) is 19.8. The number of aliphatic carboxylic acids is 1. The number of nitrogens with zero attached hydrogens (tertiary/aromatic N) is 1. The molecule has 430 valence electrons. The highest BCUT2D eigenvalue weighted by Crippen LogP contribution is 2.13. The Balaban J connectivity index is 4.42. The molecule has 0 aliphatic carbocycles. The zero-order valence-electron chi connectivity index (χ0n) is 48.8. The molecule has 0 aliphatic heterocycles. The lowest BCUT2D eigenvalue weighted by Gasteiger charge is -2.25. The summed E-state index contributed by atoms with van der Waals surface area (Å²) in [6.07, 6.45) is 82.9. The first-order valence-electron chi connectivity index (χ1n) is 29.3. The van der Waals surface area contributed by atoms with Crippen LogP contribution in [0.4, 0.5) is 0 Å². The molecule has 0 bridgehead atoms. The molecule has 0 saturated heterocycles. The van der Waals surface area contributed by atoms with Crippen LogP contribution in [0.1, 0.15) is 181 Å². The molecule has 9 heteroatoms. The quantitative estimate of drug-likeness (QED) is 0.0211. The number of carbonyl (C=O) groups excluding carboxylic acids is 2. The van der Waals surface area contributed by atoms with E-state index in [0.717, 1.165) is 122 Å². The predicted molar refractivity (Wildman–Crippen MR) is 326 cm³/mol. The molecule has 0 radical (unpaired) electrons. The summed E-state index contributed by atoms with van der Waals surface area (Å²) in [4.78, 5) is 37.4. The van der Waals surface area contributed by atoms with Crippen molar-refractivity contribution < 1.29 is 42.9 Å². The first kappa shape index (κ1) is 71.7. The molecule has 0 aromatic heterocycles. The van der Waals surface area contributed by atoms with Gasteiger partial charge in [-0.15, -0.1) is 0 Å². The van der Waals surface area contributed by atoms with Crippen molar-refractivity contribution in [2.75, 3.05) is 47.5 Å². The van der Waals surface area contributed by atoms with Crippen molar-refractivity contribution in [3.63, 3.8) is 0 Å². The van der Waals surface area contributed by atoms with Crippen LogP contribution in [0.25, 0.3) is 0 Å². The maximum atomic E-state index is 12.9. The van der Waals surface area contributed by atoms with Crippen LogP contribution < -0.4 is 0 Å². The van der Waals surface area contributed by atoms with Crippen LogP contribution in [-0.4, -0.2) is 87.4 Å². The van der Waals surface area contributed by atoms with E-state index < -0.39 is 30.3 Å². The number of carboxylic acid groups (broad SMARTS) is 1. The maximum Gasteiger partial charge on any atom is 0.361 e. The van der Waals surface area contributed by atoms with Crippen molar-refractivity contribution in [3.05, 3.63) is 170 Å². The summed E-state index contributed by atoms with van der Waals surface area (Å²) in [6, 6.07) is 0. The van der Waals surface area contributed by atoms with E-state index in [1.165, 1.54) is 19.3 Å². The topological polar surface area (TPSA) is 108 Å². The van der Waals surface area contributed by atoms with Gasteiger partial charge in [0.1, 0.15) is 13.2 Å². The fourth-order valence-corrected chi connectivity index (χ4v) is 7.04. The lowest BCUT2D eigenvalue weighted by molar-refractivity contribution is -0.870. The van der Waals surface area contributed by atoms with E-state index in [0.29, 0.717) is 23.9 Å². The number of carbonyl (C=O) groups is 3. The van der Waals surface area contributed by atoms with Gasteiger partial charge in [0.25, 0.3) is 6.29 Å². The standard InChI is InChI=1S/C68H105NO8/c1-6-8-10-12-14-16-18-20-22-24-26-28-30-31-32-33-34-35-37-39-41-43-45-47-49-51-53-55-57-59-66(71)77-64(63-76-68(67(72)73)74-61-60-69(3,4)5)62-75-65(70)58-56-54-52-50-48-46-44-42-40-38-36-29-27-25-23-21-19-17-15-13-11-9-7-2/h8-11,14-17,20-23,26-29,31-32,34-35,38-41,44,46,50,52,64,68H,6-7,12-13,18-19,24-25,30,33,36-37,42-43,45,47-49,51,53-63H2,1-5H3/p+1/b10-8-,11-9-,16-14-,17-15-,22-20-,23-21-,28-26-,29-27-,32-31-,35-34-,40-38-,41-39-,46-44-,52-50-. The van der Waals surface area contributed by atoms with Crippen molar-refractivity contribution in [1.82, 2.24) is 0 Å². The first-order valence-corrected chi connectivity index (χ1v) is 29.3. The lowest BCUT2D eigenvalue weighted by atomic mass is 10.1. The molecule has 0 heterocycles. The smallest absolute Gasteiger partial charge is 0.361 e.